The van der Waals surface area contributed by atoms with E-state index in [4.69, 9.17) is 21.8 Å². The third kappa shape index (κ3) is 4.76. The van der Waals surface area contributed by atoms with Crippen LogP contribution in [0, 0.1) is 0 Å². The molecule has 0 radical (unpaired) electrons. The highest BCUT2D eigenvalue weighted by molar-refractivity contribution is 6.30. The van der Waals surface area contributed by atoms with E-state index in [1.54, 1.807) is 4.80 Å². The van der Waals surface area contributed by atoms with Gasteiger partial charge in [-0.1, -0.05) is 73.3 Å². The first kappa shape index (κ1) is 18.2. The largest absolute Gasteiger partial charge is 0.308 e. The summed E-state index contributed by atoms with van der Waals surface area (Å²) >= 11 is 6.12. The lowest BCUT2D eigenvalue weighted by Crippen LogP contribution is -2.30. The van der Waals surface area contributed by atoms with Crippen LogP contribution in [0.1, 0.15) is 43.4 Å². The Morgan fingerprint density at radius 1 is 0.963 bits per heavy atom. The zero-order valence-corrected chi connectivity index (χ0v) is 16.2. The van der Waals surface area contributed by atoms with Gasteiger partial charge in [-0.3, -0.25) is 0 Å². The normalized spacial score (nSPS) is 15.1. The molecule has 140 valence electrons. The fourth-order valence-electron chi connectivity index (χ4n) is 3.74. The molecule has 2 aromatic carbocycles. The van der Waals surface area contributed by atoms with E-state index in [2.05, 4.69) is 23.5 Å². The summed E-state index contributed by atoms with van der Waals surface area (Å²) < 4.78 is 0. The number of rotatable bonds is 6. The molecule has 0 spiro atoms. The van der Waals surface area contributed by atoms with Crippen LogP contribution in [0.3, 0.4) is 0 Å². The molecule has 5 heteroatoms. The summed E-state index contributed by atoms with van der Waals surface area (Å²) in [5, 5.41) is 14.0. The Hall–Kier alpha value is -2.17. The first-order valence-corrected chi connectivity index (χ1v) is 10.1. The minimum atomic E-state index is 0.598. The Labute approximate surface area is 165 Å². The Kier molecular flexibility index (Phi) is 5.85. The maximum absolute atomic E-state index is 6.12. The lowest BCUT2D eigenvalue weighted by Gasteiger charge is -2.22. The van der Waals surface area contributed by atoms with Crippen LogP contribution in [-0.2, 0) is 13.1 Å². The quantitative estimate of drug-likeness (QED) is 0.649. The van der Waals surface area contributed by atoms with Crippen LogP contribution in [0.15, 0.2) is 54.6 Å². The molecule has 0 saturated heterocycles. The van der Waals surface area contributed by atoms with Crippen LogP contribution in [0.2, 0.25) is 5.02 Å². The van der Waals surface area contributed by atoms with Gasteiger partial charge in [-0.25, -0.2) is 0 Å². The highest BCUT2D eigenvalue weighted by Gasteiger charge is 2.17. The van der Waals surface area contributed by atoms with Gasteiger partial charge in [-0.2, -0.15) is 15.0 Å². The first-order chi connectivity index (χ1) is 13.3. The maximum atomic E-state index is 6.12. The van der Waals surface area contributed by atoms with E-state index in [-0.39, 0.29) is 0 Å². The van der Waals surface area contributed by atoms with Gasteiger partial charge in [0.05, 0.1) is 6.54 Å². The van der Waals surface area contributed by atoms with Crippen molar-refractivity contribution in [1.29, 1.82) is 0 Å². The van der Waals surface area contributed by atoms with Crippen LogP contribution in [0.5, 0.6) is 0 Å². The molecular formula is C22H25ClN4. The van der Waals surface area contributed by atoms with Crippen molar-refractivity contribution in [3.8, 4) is 11.3 Å². The number of hydrogen-bond donors (Lipinski definition) is 1. The van der Waals surface area contributed by atoms with E-state index in [1.807, 2.05) is 36.4 Å². The van der Waals surface area contributed by atoms with Crippen molar-refractivity contribution in [1.82, 2.24) is 20.3 Å². The first-order valence-electron chi connectivity index (χ1n) is 9.75. The van der Waals surface area contributed by atoms with Gasteiger partial charge in [-0.15, -0.1) is 0 Å². The number of nitrogens with zero attached hydrogens (tertiary/aromatic N) is 3. The Bertz CT molecular complexity index is 869. The number of hydrogen-bond acceptors (Lipinski definition) is 3. The van der Waals surface area contributed by atoms with Crippen LogP contribution < -0.4 is 5.32 Å². The molecule has 0 bridgehead atoms. The molecule has 4 rings (SSSR count). The predicted molar refractivity (Wildman–Crippen MR) is 110 cm³/mol. The van der Waals surface area contributed by atoms with Gasteiger partial charge >= 0.3 is 0 Å². The Morgan fingerprint density at radius 2 is 1.78 bits per heavy atom. The topological polar surface area (TPSA) is 42.7 Å². The van der Waals surface area contributed by atoms with Gasteiger partial charge in [0.2, 0.25) is 0 Å². The van der Waals surface area contributed by atoms with Crippen molar-refractivity contribution < 1.29 is 0 Å². The molecule has 3 aromatic rings. The number of nitrogens with one attached hydrogen (secondary N) is 1. The smallest absolute Gasteiger partial charge is 0.117 e. The minimum Gasteiger partial charge on any atom is -0.308 e. The van der Waals surface area contributed by atoms with Gasteiger partial charge in [0.25, 0.3) is 0 Å². The summed E-state index contributed by atoms with van der Waals surface area (Å²) in [6.45, 7) is 1.37. The summed E-state index contributed by atoms with van der Waals surface area (Å²) in [6, 6.07) is 18.8. The second-order valence-corrected chi connectivity index (χ2v) is 7.67. The lowest BCUT2D eigenvalue weighted by molar-refractivity contribution is 0.370. The van der Waals surface area contributed by atoms with Crippen LogP contribution in [0.25, 0.3) is 11.3 Å². The van der Waals surface area contributed by atoms with Gasteiger partial charge < -0.3 is 5.32 Å². The SMILES string of the molecule is Clc1cccc(Cn2nc(CNC3CCCCC3)c(-c3ccccc3)n2)c1. The predicted octanol–water partition coefficient (Wildman–Crippen LogP) is 5.07. The average molecular weight is 381 g/mol. The third-order valence-corrected chi connectivity index (χ3v) is 5.38. The molecule has 1 aliphatic rings. The van der Waals surface area contributed by atoms with E-state index in [0.717, 1.165) is 34.1 Å². The number of benzene rings is 2. The second kappa shape index (κ2) is 8.68. The molecule has 1 fully saturated rings. The van der Waals surface area contributed by atoms with E-state index >= 15 is 0 Å². The fourth-order valence-corrected chi connectivity index (χ4v) is 3.95. The lowest BCUT2D eigenvalue weighted by atomic mass is 9.95. The second-order valence-electron chi connectivity index (χ2n) is 7.24. The molecule has 0 atom stereocenters. The van der Waals surface area contributed by atoms with E-state index < -0.39 is 0 Å². The summed E-state index contributed by atoms with van der Waals surface area (Å²) in [7, 11) is 0. The van der Waals surface area contributed by atoms with E-state index in [1.165, 1.54) is 32.1 Å². The molecule has 0 amide bonds. The number of aromatic nitrogens is 3. The van der Waals surface area contributed by atoms with Gasteiger partial charge in [0, 0.05) is 23.2 Å². The molecule has 1 saturated carbocycles. The molecule has 4 nitrogen and oxygen atoms in total. The molecule has 1 aromatic heterocycles. The number of halogens is 1. The molecular weight excluding hydrogens is 356 g/mol. The summed E-state index contributed by atoms with van der Waals surface area (Å²) in [5.74, 6) is 0. The van der Waals surface area contributed by atoms with Gasteiger partial charge in [-0.05, 0) is 30.5 Å². The Morgan fingerprint density at radius 3 is 2.56 bits per heavy atom. The van der Waals surface area contributed by atoms with Crippen molar-refractivity contribution in [3.05, 3.63) is 70.9 Å². The maximum Gasteiger partial charge on any atom is 0.117 e. The monoisotopic (exact) mass is 380 g/mol. The fraction of sp³-hybridized carbons (Fsp3) is 0.364. The molecule has 0 aliphatic heterocycles. The Balaban J connectivity index is 1.56. The van der Waals surface area contributed by atoms with Gasteiger partial charge in [0.15, 0.2) is 0 Å². The van der Waals surface area contributed by atoms with Gasteiger partial charge in [0.1, 0.15) is 11.4 Å². The molecule has 27 heavy (non-hydrogen) atoms. The van der Waals surface area contributed by atoms with Crippen LogP contribution in [0.4, 0.5) is 0 Å². The zero-order chi connectivity index (χ0) is 18.5. The third-order valence-electron chi connectivity index (χ3n) is 5.15. The molecule has 1 heterocycles. The summed E-state index contributed by atoms with van der Waals surface area (Å²) in [4.78, 5) is 1.78. The van der Waals surface area contributed by atoms with Crippen LogP contribution >= 0.6 is 11.6 Å². The average Bonchev–Trinajstić information content (AvgIpc) is 3.10. The molecule has 0 unspecified atom stereocenters. The highest BCUT2D eigenvalue weighted by atomic mass is 35.5. The highest BCUT2D eigenvalue weighted by Crippen LogP contribution is 2.22. The van der Waals surface area contributed by atoms with Crippen molar-refractivity contribution in [3.63, 3.8) is 0 Å². The summed E-state index contributed by atoms with van der Waals surface area (Å²) in [5.41, 5.74) is 4.17. The van der Waals surface area contributed by atoms with Crippen molar-refractivity contribution in [2.45, 2.75) is 51.2 Å². The van der Waals surface area contributed by atoms with E-state index in [9.17, 15) is 0 Å². The van der Waals surface area contributed by atoms with Crippen LogP contribution in [-0.4, -0.2) is 21.0 Å². The van der Waals surface area contributed by atoms with Crippen molar-refractivity contribution >= 4 is 11.6 Å². The standard InChI is InChI=1S/C22H25ClN4/c23-19-11-7-8-17(14-19)16-27-25-21(15-24-20-12-5-2-6-13-20)22(26-27)18-9-3-1-4-10-18/h1,3-4,7-11,14,20,24H,2,5-6,12-13,15-16H2. The van der Waals surface area contributed by atoms with Crippen molar-refractivity contribution in [2.24, 2.45) is 0 Å². The minimum absolute atomic E-state index is 0.598. The summed E-state index contributed by atoms with van der Waals surface area (Å²) in [6.07, 6.45) is 6.53. The molecule has 1 aliphatic carbocycles. The van der Waals surface area contributed by atoms with Crippen molar-refractivity contribution in [2.75, 3.05) is 0 Å². The van der Waals surface area contributed by atoms with E-state index in [0.29, 0.717) is 12.6 Å². The molecule has 1 N–H and O–H groups in total. The zero-order valence-electron chi connectivity index (χ0n) is 15.4.